The minimum Gasteiger partial charge on any atom is -0.356 e. The van der Waals surface area contributed by atoms with Gasteiger partial charge in [0.1, 0.15) is 0 Å². The molecule has 2 rings (SSSR count). The Labute approximate surface area is 116 Å². The highest BCUT2D eigenvalue weighted by atomic mass is 79.9. The fourth-order valence-electron chi connectivity index (χ4n) is 2.28. The summed E-state index contributed by atoms with van der Waals surface area (Å²) in [5.74, 6) is 0.436. The highest BCUT2D eigenvalue weighted by molar-refractivity contribution is 9.10. The Morgan fingerprint density at radius 2 is 1.89 bits per heavy atom. The van der Waals surface area contributed by atoms with Crippen LogP contribution in [0.4, 0.5) is 4.39 Å². The predicted molar refractivity (Wildman–Crippen MR) is 75.3 cm³/mol. The van der Waals surface area contributed by atoms with E-state index >= 15 is 0 Å². The Kier molecular flexibility index (Phi) is 5.32. The fourth-order valence-corrected chi connectivity index (χ4v) is 2.55. The highest BCUT2D eigenvalue weighted by Gasteiger charge is 2.42. The van der Waals surface area contributed by atoms with Crippen LogP contribution in [-0.2, 0) is 4.79 Å². The van der Waals surface area contributed by atoms with Gasteiger partial charge in [0, 0.05) is 11.0 Å². The minimum atomic E-state index is -0.256. The quantitative estimate of drug-likeness (QED) is 0.886. The summed E-state index contributed by atoms with van der Waals surface area (Å²) in [6.07, 6.45) is 0.920. The molecule has 0 bridgehead atoms. The molecule has 1 N–H and O–H groups in total. The van der Waals surface area contributed by atoms with Gasteiger partial charge < -0.3 is 5.32 Å². The maximum atomic E-state index is 11.9. The lowest BCUT2D eigenvalue weighted by atomic mass is 9.73. The van der Waals surface area contributed by atoms with Crippen molar-refractivity contribution in [3.05, 3.63) is 34.3 Å². The molecule has 1 fully saturated rings. The van der Waals surface area contributed by atoms with Gasteiger partial charge in [0.05, 0.1) is 12.6 Å². The van der Waals surface area contributed by atoms with Crippen molar-refractivity contribution in [2.24, 2.45) is 5.41 Å². The molecule has 4 heteroatoms. The van der Waals surface area contributed by atoms with Crippen molar-refractivity contribution < 1.29 is 9.18 Å². The summed E-state index contributed by atoms with van der Waals surface area (Å²) in [6, 6.07) is 8.24. The molecule has 2 nitrogen and oxygen atoms in total. The summed E-state index contributed by atoms with van der Waals surface area (Å²) in [4.78, 5) is 11.9. The van der Waals surface area contributed by atoms with Crippen molar-refractivity contribution in [2.45, 2.75) is 26.2 Å². The molecule has 1 heterocycles. The van der Waals surface area contributed by atoms with E-state index in [4.69, 9.17) is 0 Å². The molecule has 0 saturated carbocycles. The first-order chi connectivity index (χ1) is 8.54. The Morgan fingerprint density at radius 3 is 2.33 bits per heavy atom. The number of nitrogens with one attached hydrogen (secondary N) is 1. The van der Waals surface area contributed by atoms with Crippen molar-refractivity contribution in [2.75, 3.05) is 13.7 Å². The van der Waals surface area contributed by atoms with Crippen LogP contribution in [0.3, 0.4) is 0 Å². The summed E-state index contributed by atoms with van der Waals surface area (Å²) in [5, 5.41) is 2.92. The Morgan fingerprint density at radius 1 is 1.33 bits per heavy atom. The zero-order valence-corrected chi connectivity index (χ0v) is 12.6. The molecule has 0 radical (unpaired) electrons. The number of alkyl halides is 1. The molecule has 2 atom stereocenters. The van der Waals surface area contributed by atoms with E-state index in [2.05, 4.69) is 47.2 Å². The third kappa shape index (κ3) is 2.91. The largest absolute Gasteiger partial charge is 0.356 e. The highest BCUT2D eigenvalue weighted by Crippen LogP contribution is 2.41. The second kappa shape index (κ2) is 6.32. The maximum Gasteiger partial charge on any atom is 0.226 e. The van der Waals surface area contributed by atoms with E-state index < -0.39 is 0 Å². The molecule has 0 aliphatic carbocycles. The van der Waals surface area contributed by atoms with Crippen LogP contribution >= 0.6 is 15.9 Å². The summed E-state index contributed by atoms with van der Waals surface area (Å²) < 4.78 is 10.6. The lowest BCUT2D eigenvalue weighted by Crippen LogP contribution is -2.33. The molecule has 1 aliphatic heterocycles. The minimum absolute atomic E-state index is 0.183. The lowest BCUT2D eigenvalue weighted by molar-refractivity contribution is -0.127. The van der Waals surface area contributed by atoms with E-state index in [9.17, 15) is 9.18 Å². The van der Waals surface area contributed by atoms with Crippen LogP contribution in [0.5, 0.6) is 0 Å². The van der Waals surface area contributed by atoms with Crippen molar-refractivity contribution in [1.29, 1.82) is 0 Å². The molecule has 1 saturated heterocycles. The first kappa shape index (κ1) is 15.2. The average Bonchev–Trinajstić information content (AvgIpc) is 2.73. The molecular weight excluding hydrogens is 297 g/mol. The van der Waals surface area contributed by atoms with Gasteiger partial charge in [0.25, 0.3) is 0 Å². The van der Waals surface area contributed by atoms with E-state index in [0.717, 1.165) is 17.4 Å². The van der Waals surface area contributed by atoms with Crippen LogP contribution in [0.25, 0.3) is 0 Å². The molecular formula is C14H19BrFNO. The van der Waals surface area contributed by atoms with Crippen LogP contribution in [0.15, 0.2) is 28.7 Å². The fraction of sp³-hybridized carbons (Fsp3) is 0.500. The topological polar surface area (TPSA) is 29.1 Å². The van der Waals surface area contributed by atoms with Crippen LogP contribution in [-0.4, -0.2) is 19.6 Å². The maximum absolute atomic E-state index is 11.9. The molecule has 1 aromatic carbocycles. The first-order valence-electron chi connectivity index (χ1n) is 5.95. The van der Waals surface area contributed by atoms with Crippen molar-refractivity contribution in [1.82, 2.24) is 5.32 Å². The monoisotopic (exact) mass is 315 g/mol. The van der Waals surface area contributed by atoms with Gasteiger partial charge in [-0.1, -0.05) is 41.9 Å². The van der Waals surface area contributed by atoms with Gasteiger partial charge in [-0.25, -0.2) is 0 Å². The SMILES string of the molecule is CC(c1ccc(Br)cc1)[C@]1(C)CCNC1=O.CF. The summed E-state index contributed by atoms with van der Waals surface area (Å²) >= 11 is 3.42. The molecule has 1 unspecified atom stereocenters. The molecule has 18 heavy (non-hydrogen) atoms. The number of rotatable bonds is 2. The van der Waals surface area contributed by atoms with Crippen molar-refractivity contribution in [3.8, 4) is 0 Å². The smallest absolute Gasteiger partial charge is 0.226 e. The van der Waals surface area contributed by atoms with Crippen LogP contribution in [0.2, 0.25) is 0 Å². The van der Waals surface area contributed by atoms with Gasteiger partial charge in [-0.2, -0.15) is 0 Å². The van der Waals surface area contributed by atoms with Gasteiger partial charge in [-0.15, -0.1) is 0 Å². The molecule has 1 aromatic rings. The van der Waals surface area contributed by atoms with Crippen LogP contribution < -0.4 is 5.32 Å². The number of carbonyl (C=O) groups excluding carboxylic acids is 1. The van der Waals surface area contributed by atoms with Gasteiger partial charge in [-0.05, 0) is 30.0 Å². The third-order valence-electron chi connectivity index (χ3n) is 3.77. The number of amides is 1. The predicted octanol–water partition coefficient (Wildman–Crippen LogP) is 3.66. The lowest BCUT2D eigenvalue weighted by Gasteiger charge is -2.28. The van der Waals surface area contributed by atoms with Crippen molar-refractivity contribution >= 4 is 21.8 Å². The Balaban J connectivity index is 0.000000771. The zero-order valence-electron chi connectivity index (χ0n) is 11.0. The van der Waals surface area contributed by atoms with E-state index in [-0.39, 0.29) is 17.2 Å². The number of carbonyl (C=O) groups is 1. The van der Waals surface area contributed by atoms with Gasteiger partial charge in [-0.3, -0.25) is 9.18 Å². The molecule has 1 amide bonds. The van der Waals surface area contributed by atoms with Crippen LogP contribution in [0.1, 0.15) is 31.7 Å². The summed E-state index contributed by atoms with van der Waals surface area (Å²) in [7, 11) is 0.500. The third-order valence-corrected chi connectivity index (χ3v) is 4.30. The standard InChI is InChI=1S/C13H16BrNO.CH3F/c1-9(10-3-5-11(14)6-4-10)13(2)7-8-15-12(13)16;1-2/h3-6,9H,7-8H2,1-2H3,(H,15,16);1H3/t9?,13-;/m0./s1. The summed E-state index contributed by atoms with van der Waals surface area (Å²) in [5.41, 5.74) is 0.969. The van der Waals surface area contributed by atoms with E-state index in [1.807, 2.05) is 12.1 Å². The molecule has 0 aromatic heterocycles. The number of benzene rings is 1. The van der Waals surface area contributed by atoms with Gasteiger partial charge in [0.2, 0.25) is 5.91 Å². The van der Waals surface area contributed by atoms with Crippen molar-refractivity contribution in [3.63, 3.8) is 0 Å². The Bertz CT molecular complexity index is 407. The zero-order chi connectivity index (χ0) is 13.8. The summed E-state index contributed by atoms with van der Waals surface area (Å²) in [6.45, 7) is 4.99. The number of hydrogen-bond acceptors (Lipinski definition) is 1. The molecule has 0 spiro atoms. The number of hydrogen-bond donors (Lipinski definition) is 1. The van der Waals surface area contributed by atoms with E-state index in [1.54, 1.807) is 0 Å². The van der Waals surface area contributed by atoms with E-state index in [1.165, 1.54) is 5.56 Å². The second-order valence-electron chi connectivity index (χ2n) is 4.70. The molecule has 100 valence electrons. The Hall–Kier alpha value is -0.900. The first-order valence-corrected chi connectivity index (χ1v) is 6.75. The number of halogens is 2. The van der Waals surface area contributed by atoms with Gasteiger partial charge >= 0.3 is 0 Å². The molecule has 1 aliphatic rings. The van der Waals surface area contributed by atoms with E-state index in [0.29, 0.717) is 7.18 Å². The average molecular weight is 316 g/mol. The van der Waals surface area contributed by atoms with Gasteiger partial charge in [0.15, 0.2) is 0 Å². The normalized spacial score (nSPS) is 23.9. The van der Waals surface area contributed by atoms with Crippen LogP contribution in [0, 0.1) is 5.41 Å². The second-order valence-corrected chi connectivity index (χ2v) is 5.61.